The Kier molecular flexibility index (Phi) is 5.20. The number of amides is 1. The minimum Gasteiger partial charge on any atom is -0.345 e. The van der Waals surface area contributed by atoms with Gasteiger partial charge in [0.15, 0.2) is 5.13 Å². The summed E-state index contributed by atoms with van der Waals surface area (Å²) in [4.78, 5) is 20.6. The third-order valence-corrected chi connectivity index (χ3v) is 5.21. The maximum absolute atomic E-state index is 12.3. The molecule has 0 N–H and O–H groups in total. The van der Waals surface area contributed by atoms with Crippen molar-refractivity contribution in [1.29, 1.82) is 0 Å². The van der Waals surface area contributed by atoms with Gasteiger partial charge in [-0.25, -0.2) is 4.98 Å². The molecule has 0 spiro atoms. The van der Waals surface area contributed by atoms with Gasteiger partial charge in [0, 0.05) is 43.8 Å². The van der Waals surface area contributed by atoms with Gasteiger partial charge < -0.3 is 9.80 Å². The number of thiazole rings is 1. The number of rotatable bonds is 3. The molecule has 0 unspecified atom stereocenters. The van der Waals surface area contributed by atoms with Gasteiger partial charge in [-0.05, 0) is 23.8 Å². The second-order valence-corrected chi connectivity index (χ2v) is 6.82. The Hall–Kier alpha value is -1.56. The smallest absolute Gasteiger partial charge is 0.246 e. The van der Waals surface area contributed by atoms with Crippen LogP contribution in [0.5, 0.6) is 0 Å². The van der Waals surface area contributed by atoms with Crippen LogP contribution < -0.4 is 4.90 Å². The van der Waals surface area contributed by atoms with Crippen LogP contribution in [0.3, 0.4) is 0 Å². The number of aromatic nitrogens is 1. The molecule has 2 heterocycles. The molecule has 7 heteroatoms. The van der Waals surface area contributed by atoms with Crippen LogP contribution in [0.2, 0.25) is 10.0 Å². The predicted octanol–water partition coefficient (Wildman–Crippen LogP) is 3.81. The Bertz CT molecular complexity index is 710. The Morgan fingerprint density at radius 1 is 1.17 bits per heavy atom. The Morgan fingerprint density at radius 2 is 1.96 bits per heavy atom. The highest BCUT2D eigenvalue weighted by atomic mass is 35.5. The van der Waals surface area contributed by atoms with Crippen molar-refractivity contribution in [2.24, 2.45) is 0 Å². The van der Waals surface area contributed by atoms with Crippen molar-refractivity contribution in [2.75, 3.05) is 31.1 Å². The molecule has 23 heavy (non-hydrogen) atoms. The lowest BCUT2D eigenvalue weighted by Crippen LogP contribution is -2.48. The Morgan fingerprint density at radius 3 is 2.61 bits per heavy atom. The zero-order valence-corrected chi connectivity index (χ0v) is 14.6. The van der Waals surface area contributed by atoms with E-state index in [1.165, 1.54) is 0 Å². The molecule has 120 valence electrons. The van der Waals surface area contributed by atoms with Gasteiger partial charge in [0.2, 0.25) is 5.91 Å². The lowest BCUT2D eigenvalue weighted by Gasteiger charge is -2.34. The number of hydrogen-bond donors (Lipinski definition) is 0. The number of anilines is 1. The summed E-state index contributed by atoms with van der Waals surface area (Å²) < 4.78 is 0. The quantitative estimate of drug-likeness (QED) is 0.773. The first-order valence-corrected chi connectivity index (χ1v) is 8.83. The van der Waals surface area contributed by atoms with E-state index in [9.17, 15) is 4.79 Å². The molecule has 3 rings (SSSR count). The van der Waals surface area contributed by atoms with Crippen molar-refractivity contribution in [1.82, 2.24) is 9.88 Å². The van der Waals surface area contributed by atoms with Gasteiger partial charge in [0.25, 0.3) is 0 Å². The van der Waals surface area contributed by atoms with E-state index < -0.39 is 0 Å². The van der Waals surface area contributed by atoms with Crippen molar-refractivity contribution in [2.45, 2.75) is 0 Å². The number of halogens is 2. The van der Waals surface area contributed by atoms with Gasteiger partial charge in [-0.1, -0.05) is 29.3 Å². The first-order chi connectivity index (χ1) is 11.1. The number of carbonyl (C=O) groups excluding carboxylic acids is 1. The van der Waals surface area contributed by atoms with Gasteiger partial charge in [0.1, 0.15) is 0 Å². The molecule has 1 amide bonds. The minimum atomic E-state index is 0.00913. The standard InChI is InChI=1S/C16H15Cl2N3OS/c17-13-3-1-12(11-14(13)18)2-4-15(22)20-6-8-21(9-7-20)16-19-5-10-23-16/h1-5,10-11H,6-9H2/b4-2+. The fourth-order valence-electron chi connectivity index (χ4n) is 2.38. The van der Waals surface area contributed by atoms with Crippen LogP contribution in [0.25, 0.3) is 6.08 Å². The first kappa shape index (κ1) is 16.3. The molecule has 4 nitrogen and oxygen atoms in total. The van der Waals surface area contributed by atoms with E-state index in [0.29, 0.717) is 23.1 Å². The van der Waals surface area contributed by atoms with Crippen LogP contribution in [0.4, 0.5) is 5.13 Å². The van der Waals surface area contributed by atoms with Crippen LogP contribution in [-0.4, -0.2) is 42.0 Å². The van der Waals surface area contributed by atoms with Gasteiger partial charge in [0.05, 0.1) is 10.0 Å². The molecule has 1 aromatic heterocycles. The highest BCUT2D eigenvalue weighted by Gasteiger charge is 2.20. The molecule has 1 aromatic carbocycles. The van der Waals surface area contributed by atoms with E-state index >= 15 is 0 Å². The normalized spacial score (nSPS) is 15.4. The summed E-state index contributed by atoms with van der Waals surface area (Å²) >= 11 is 13.5. The molecular weight excluding hydrogens is 353 g/mol. The summed E-state index contributed by atoms with van der Waals surface area (Å²) in [7, 11) is 0. The largest absolute Gasteiger partial charge is 0.345 e. The molecule has 0 saturated carbocycles. The topological polar surface area (TPSA) is 36.4 Å². The summed E-state index contributed by atoms with van der Waals surface area (Å²) in [6.07, 6.45) is 5.15. The van der Waals surface area contributed by atoms with Crippen molar-refractivity contribution in [3.05, 3.63) is 51.5 Å². The van der Waals surface area contributed by atoms with Gasteiger partial charge in [-0.3, -0.25) is 4.79 Å². The van der Waals surface area contributed by atoms with Crippen molar-refractivity contribution in [3.8, 4) is 0 Å². The lowest BCUT2D eigenvalue weighted by atomic mass is 10.2. The Balaban J connectivity index is 1.57. The molecule has 1 saturated heterocycles. The number of carbonyl (C=O) groups is 1. The molecule has 1 fully saturated rings. The molecule has 0 aliphatic carbocycles. The second-order valence-electron chi connectivity index (χ2n) is 5.13. The zero-order chi connectivity index (χ0) is 16.2. The number of benzene rings is 1. The molecule has 0 atom stereocenters. The number of hydrogen-bond acceptors (Lipinski definition) is 4. The monoisotopic (exact) mass is 367 g/mol. The summed E-state index contributed by atoms with van der Waals surface area (Å²) in [5, 5.41) is 3.97. The average molecular weight is 368 g/mol. The van der Waals surface area contributed by atoms with Crippen LogP contribution in [-0.2, 0) is 4.79 Å². The Labute approximate surface area is 148 Å². The van der Waals surface area contributed by atoms with E-state index in [4.69, 9.17) is 23.2 Å². The van der Waals surface area contributed by atoms with E-state index in [0.717, 1.165) is 23.8 Å². The summed E-state index contributed by atoms with van der Waals surface area (Å²) in [6, 6.07) is 5.30. The zero-order valence-electron chi connectivity index (χ0n) is 12.3. The van der Waals surface area contributed by atoms with Crippen LogP contribution in [0, 0.1) is 0 Å². The number of piperazine rings is 1. The molecule has 0 bridgehead atoms. The number of nitrogens with zero attached hydrogens (tertiary/aromatic N) is 3. The van der Waals surface area contributed by atoms with Crippen molar-refractivity contribution >= 4 is 51.7 Å². The van der Waals surface area contributed by atoms with Crippen molar-refractivity contribution < 1.29 is 4.79 Å². The SMILES string of the molecule is O=C(/C=C/c1ccc(Cl)c(Cl)c1)N1CCN(c2nccs2)CC1. The van der Waals surface area contributed by atoms with Gasteiger partial charge >= 0.3 is 0 Å². The molecule has 2 aromatic rings. The minimum absolute atomic E-state index is 0.00913. The third-order valence-electron chi connectivity index (χ3n) is 3.64. The maximum atomic E-state index is 12.3. The molecule has 1 aliphatic heterocycles. The first-order valence-electron chi connectivity index (χ1n) is 7.20. The molecular formula is C16H15Cl2N3OS. The summed E-state index contributed by atoms with van der Waals surface area (Å²) in [5.74, 6) is 0.00913. The van der Waals surface area contributed by atoms with Crippen LogP contribution in [0.15, 0.2) is 35.9 Å². The van der Waals surface area contributed by atoms with E-state index in [2.05, 4.69) is 9.88 Å². The lowest BCUT2D eigenvalue weighted by molar-refractivity contribution is -0.126. The second kappa shape index (κ2) is 7.34. The van der Waals surface area contributed by atoms with E-state index in [1.807, 2.05) is 16.3 Å². The molecule has 1 aliphatic rings. The fourth-order valence-corrected chi connectivity index (χ4v) is 3.38. The summed E-state index contributed by atoms with van der Waals surface area (Å²) in [6.45, 7) is 3.01. The predicted molar refractivity (Wildman–Crippen MR) is 96.4 cm³/mol. The highest BCUT2D eigenvalue weighted by Crippen LogP contribution is 2.23. The van der Waals surface area contributed by atoms with Gasteiger partial charge in [-0.2, -0.15) is 0 Å². The maximum Gasteiger partial charge on any atom is 0.246 e. The van der Waals surface area contributed by atoms with Crippen molar-refractivity contribution in [3.63, 3.8) is 0 Å². The third kappa shape index (κ3) is 4.05. The summed E-state index contributed by atoms with van der Waals surface area (Å²) in [5.41, 5.74) is 0.856. The highest BCUT2D eigenvalue weighted by molar-refractivity contribution is 7.13. The van der Waals surface area contributed by atoms with Crippen LogP contribution in [0.1, 0.15) is 5.56 Å². The fraction of sp³-hybridized carbons (Fsp3) is 0.250. The van der Waals surface area contributed by atoms with E-state index in [1.54, 1.807) is 41.8 Å². The van der Waals surface area contributed by atoms with E-state index in [-0.39, 0.29) is 5.91 Å². The molecule has 0 radical (unpaired) electrons. The van der Waals surface area contributed by atoms with Crippen LogP contribution >= 0.6 is 34.5 Å². The average Bonchev–Trinajstić information content (AvgIpc) is 3.10. The van der Waals surface area contributed by atoms with Gasteiger partial charge in [-0.15, -0.1) is 11.3 Å².